The van der Waals surface area contributed by atoms with Gasteiger partial charge >= 0.3 is 17.9 Å². The van der Waals surface area contributed by atoms with Gasteiger partial charge in [-0.05, 0) is 14.1 Å². The second-order valence-electron chi connectivity index (χ2n) is 4.27. The fraction of sp³-hybridized carbons (Fsp3) is 0.750. The zero-order valence-corrected chi connectivity index (χ0v) is 11.8. The molecule has 0 aliphatic heterocycles. The van der Waals surface area contributed by atoms with Crippen molar-refractivity contribution >= 4 is 17.9 Å². The Bertz CT molecular complexity index is 315. The van der Waals surface area contributed by atoms with E-state index in [1.807, 2.05) is 19.0 Å². The van der Waals surface area contributed by atoms with Crippen molar-refractivity contribution in [1.82, 2.24) is 4.90 Å². The maximum Gasteiger partial charge on any atom is 0.307 e. The van der Waals surface area contributed by atoms with Crippen LogP contribution in [0.3, 0.4) is 0 Å². The van der Waals surface area contributed by atoms with Crippen molar-refractivity contribution in [2.75, 3.05) is 33.9 Å². The van der Waals surface area contributed by atoms with Crippen LogP contribution in [0.5, 0.6) is 0 Å². The van der Waals surface area contributed by atoms with Crippen molar-refractivity contribution in [2.45, 2.75) is 26.4 Å². The van der Waals surface area contributed by atoms with E-state index in [9.17, 15) is 14.4 Å². The van der Waals surface area contributed by atoms with E-state index in [1.54, 1.807) is 0 Å². The summed E-state index contributed by atoms with van der Waals surface area (Å²) in [6, 6.07) is 0. The molecule has 1 atom stereocenters. The van der Waals surface area contributed by atoms with E-state index >= 15 is 0 Å². The molecule has 0 heterocycles. The van der Waals surface area contributed by atoms with E-state index in [4.69, 9.17) is 14.2 Å². The third-order valence-corrected chi connectivity index (χ3v) is 2.00. The Morgan fingerprint density at radius 2 is 1.58 bits per heavy atom. The minimum atomic E-state index is -0.773. The molecule has 0 aliphatic carbocycles. The maximum absolute atomic E-state index is 11.4. The van der Waals surface area contributed by atoms with Crippen LogP contribution in [0, 0.1) is 0 Å². The molecule has 0 fully saturated rings. The second kappa shape index (κ2) is 9.32. The van der Waals surface area contributed by atoms with Crippen LogP contribution in [0.1, 0.15) is 20.3 Å². The van der Waals surface area contributed by atoms with Crippen LogP contribution in [0.2, 0.25) is 0 Å². The molecule has 0 spiro atoms. The fourth-order valence-electron chi connectivity index (χ4n) is 1.13. The Morgan fingerprint density at radius 1 is 1.00 bits per heavy atom. The molecule has 7 heteroatoms. The summed E-state index contributed by atoms with van der Waals surface area (Å²) in [6.07, 6.45) is -0.530. The van der Waals surface area contributed by atoms with Crippen molar-refractivity contribution in [1.29, 1.82) is 0 Å². The van der Waals surface area contributed by atoms with Crippen molar-refractivity contribution in [3.8, 4) is 0 Å². The number of nitrogens with zero attached hydrogens (tertiary/aromatic N) is 1. The molecule has 0 saturated heterocycles. The third kappa shape index (κ3) is 11.2. The van der Waals surface area contributed by atoms with E-state index in [2.05, 4.69) is 0 Å². The smallest absolute Gasteiger partial charge is 0.307 e. The van der Waals surface area contributed by atoms with Crippen molar-refractivity contribution < 1.29 is 28.6 Å². The number of carbonyl (C=O) groups excluding carboxylic acids is 3. The molecule has 1 unspecified atom stereocenters. The molecule has 19 heavy (non-hydrogen) atoms. The van der Waals surface area contributed by atoms with Crippen LogP contribution >= 0.6 is 0 Å². The van der Waals surface area contributed by atoms with Gasteiger partial charge in [-0.15, -0.1) is 0 Å². The lowest BCUT2D eigenvalue weighted by atomic mass is 10.4. The fourth-order valence-corrected chi connectivity index (χ4v) is 1.13. The van der Waals surface area contributed by atoms with E-state index < -0.39 is 24.0 Å². The van der Waals surface area contributed by atoms with Gasteiger partial charge in [0.05, 0.1) is 6.42 Å². The molecule has 0 aromatic heterocycles. The predicted molar refractivity (Wildman–Crippen MR) is 66.3 cm³/mol. The first-order valence-electron chi connectivity index (χ1n) is 5.92. The van der Waals surface area contributed by atoms with Crippen LogP contribution < -0.4 is 0 Å². The minimum Gasteiger partial charge on any atom is -0.462 e. The van der Waals surface area contributed by atoms with Crippen LogP contribution in [0.15, 0.2) is 0 Å². The van der Waals surface area contributed by atoms with Gasteiger partial charge in [-0.25, -0.2) is 0 Å². The summed E-state index contributed by atoms with van der Waals surface area (Å²) in [7, 11) is 3.69. The third-order valence-electron chi connectivity index (χ3n) is 2.00. The predicted octanol–water partition coefficient (Wildman–Crippen LogP) is -0.0239. The largest absolute Gasteiger partial charge is 0.462 e. The quantitative estimate of drug-likeness (QED) is 0.454. The summed E-state index contributed by atoms with van der Waals surface area (Å²) in [5, 5.41) is 0. The molecule has 7 nitrogen and oxygen atoms in total. The number of rotatable bonds is 8. The Hall–Kier alpha value is -1.63. The van der Waals surface area contributed by atoms with Crippen LogP contribution in [-0.4, -0.2) is 62.8 Å². The van der Waals surface area contributed by atoms with Gasteiger partial charge in [-0.3, -0.25) is 14.4 Å². The highest BCUT2D eigenvalue weighted by molar-refractivity contribution is 5.70. The zero-order chi connectivity index (χ0) is 14.8. The Morgan fingerprint density at radius 3 is 2.05 bits per heavy atom. The van der Waals surface area contributed by atoms with Crippen molar-refractivity contribution in [2.24, 2.45) is 0 Å². The van der Waals surface area contributed by atoms with Gasteiger partial charge in [-0.1, -0.05) is 0 Å². The Balaban J connectivity index is 4.06. The van der Waals surface area contributed by atoms with Gasteiger partial charge in [-0.2, -0.15) is 0 Å². The number of esters is 3. The summed E-state index contributed by atoms with van der Waals surface area (Å²) in [6.45, 7) is 2.79. The van der Waals surface area contributed by atoms with E-state index in [0.717, 1.165) is 0 Å². The topological polar surface area (TPSA) is 82.1 Å². The summed E-state index contributed by atoms with van der Waals surface area (Å²) in [5.41, 5.74) is 0. The highest BCUT2D eigenvalue weighted by Gasteiger charge is 2.16. The first-order valence-corrected chi connectivity index (χ1v) is 5.92. The molecule has 0 aromatic carbocycles. The Kier molecular flexibility index (Phi) is 8.52. The molecule has 0 bridgehead atoms. The summed E-state index contributed by atoms with van der Waals surface area (Å²) in [4.78, 5) is 34.8. The molecule has 0 radical (unpaired) electrons. The maximum atomic E-state index is 11.4. The average molecular weight is 275 g/mol. The molecule has 0 saturated carbocycles. The molecule has 0 amide bonds. The molecule has 0 rings (SSSR count). The van der Waals surface area contributed by atoms with Crippen LogP contribution in [-0.2, 0) is 28.6 Å². The monoisotopic (exact) mass is 275 g/mol. The molecule has 0 aliphatic rings. The van der Waals surface area contributed by atoms with Gasteiger partial charge in [0, 0.05) is 20.4 Å². The SMILES string of the molecule is CC(=O)OCC(COC(=O)CCN(C)C)OC(C)=O. The first kappa shape index (κ1) is 17.4. The molecule has 0 N–H and O–H groups in total. The van der Waals surface area contributed by atoms with Gasteiger partial charge in [0.2, 0.25) is 0 Å². The first-order chi connectivity index (χ1) is 8.81. The number of ether oxygens (including phenoxy) is 3. The number of hydrogen-bond acceptors (Lipinski definition) is 7. The lowest BCUT2D eigenvalue weighted by molar-refractivity contribution is -0.164. The normalized spacial score (nSPS) is 11.8. The Labute approximate surface area is 112 Å². The van der Waals surface area contributed by atoms with Gasteiger partial charge in [0.15, 0.2) is 6.10 Å². The summed E-state index contributed by atoms with van der Waals surface area (Å²) >= 11 is 0. The van der Waals surface area contributed by atoms with E-state index in [0.29, 0.717) is 6.54 Å². The molecular weight excluding hydrogens is 254 g/mol. The van der Waals surface area contributed by atoms with E-state index in [-0.39, 0.29) is 19.6 Å². The van der Waals surface area contributed by atoms with Crippen LogP contribution in [0.4, 0.5) is 0 Å². The highest BCUT2D eigenvalue weighted by atomic mass is 16.6. The second-order valence-corrected chi connectivity index (χ2v) is 4.27. The molecule has 0 aromatic rings. The number of carbonyl (C=O) groups is 3. The summed E-state index contributed by atoms with van der Waals surface area (Å²) in [5.74, 6) is -1.41. The van der Waals surface area contributed by atoms with Gasteiger partial charge in [0.1, 0.15) is 13.2 Å². The number of hydrogen-bond donors (Lipinski definition) is 0. The average Bonchev–Trinajstić information content (AvgIpc) is 2.29. The van der Waals surface area contributed by atoms with Crippen molar-refractivity contribution in [3.05, 3.63) is 0 Å². The van der Waals surface area contributed by atoms with Crippen molar-refractivity contribution in [3.63, 3.8) is 0 Å². The highest BCUT2D eigenvalue weighted by Crippen LogP contribution is 1.99. The molecule has 110 valence electrons. The van der Waals surface area contributed by atoms with Crippen LogP contribution in [0.25, 0.3) is 0 Å². The van der Waals surface area contributed by atoms with Gasteiger partial charge < -0.3 is 19.1 Å². The lowest BCUT2D eigenvalue weighted by Gasteiger charge is -2.17. The zero-order valence-electron chi connectivity index (χ0n) is 11.8. The summed E-state index contributed by atoms with van der Waals surface area (Å²) < 4.78 is 14.5. The van der Waals surface area contributed by atoms with E-state index in [1.165, 1.54) is 13.8 Å². The molecular formula is C12H21NO6. The standard InChI is InChI=1S/C12H21NO6/c1-9(14)17-7-11(19-10(2)15)8-18-12(16)5-6-13(3)4/h11H,5-8H2,1-4H3. The lowest BCUT2D eigenvalue weighted by Crippen LogP contribution is -2.30. The van der Waals surface area contributed by atoms with Gasteiger partial charge in [0.25, 0.3) is 0 Å². The minimum absolute atomic E-state index is 0.126.